The van der Waals surface area contributed by atoms with E-state index in [9.17, 15) is 4.89 Å². The second kappa shape index (κ2) is 91.6. The summed E-state index contributed by atoms with van der Waals surface area (Å²) in [4.78, 5) is 11.4. The molecule has 6 nitrogen and oxygen atoms in total. The van der Waals surface area contributed by atoms with Crippen LogP contribution < -0.4 is 4.89 Å². The Hall–Kier alpha value is 0.904. The summed E-state index contributed by atoms with van der Waals surface area (Å²) in [5, 5.41) is 26.0. The Morgan fingerprint density at radius 2 is 0.321 bits per heavy atom. The number of rotatable bonds is 64. The summed E-state index contributed by atoms with van der Waals surface area (Å²) in [7, 11) is -1.89. The van der Waals surface area contributed by atoms with Crippen molar-refractivity contribution in [2.75, 3.05) is 33.0 Å². The Morgan fingerprint density at radius 3 is 0.449 bits per heavy atom. The maximum Gasteiger partial charge on any atom is 0.0828 e. The van der Waals surface area contributed by atoms with Crippen LogP contribution in [0.5, 0.6) is 0 Å². The quantitative estimate of drug-likeness (QED) is 0.0319. The maximum absolute atomic E-state index is 11.4. The first-order chi connectivity index (χ1) is 38.1. The summed E-state index contributed by atoms with van der Waals surface area (Å²) in [5.41, 5.74) is 0. The molecule has 8 heteroatoms. The van der Waals surface area contributed by atoms with Crippen molar-refractivity contribution in [2.45, 2.75) is 420 Å². The smallest absolute Gasteiger partial charge is 0.0828 e. The molecule has 0 saturated heterocycles. The molecule has 0 fully saturated rings. The van der Waals surface area contributed by atoms with Gasteiger partial charge in [0.05, 0.1) is 21.8 Å². The molecule has 0 aliphatic carbocycles. The second-order valence-corrected chi connectivity index (χ2v) is 24.5. The molecule has 0 heterocycles. The van der Waals surface area contributed by atoms with Crippen molar-refractivity contribution in [3.63, 3.8) is 0 Å². The molecule has 0 atom stereocenters. The van der Waals surface area contributed by atoms with E-state index in [1.54, 1.807) is 0 Å². The van der Waals surface area contributed by atoms with E-state index in [0.717, 1.165) is 32.1 Å². The number of hydrogen-bond acceptors (Lipinski definition) is 6. The average Bonchev–Trinajstić information content (AvgIpc) is 3.44. The molecule has 0 spiro atoms. The second-order valence-electron chi connectivity index (χ2n) is 23.5. The van der Waals surface area contributed by atoms with Gasteiger partial charge in [0.1, 0.15) is 0 Å². The van der Waals surface area contributed by atoms with Crippen molar-refractivity contribution in [1.82, 2.24) is 0 Å². The van der Waals surface area contributed by atoms with Crippen LogP contribution in [0, 0.1) is 0 Å². The predicted molar refractivity (Wildman–Crippen MR) is 345 cm³/mol. The Morgan fingerprint density at radius 1 is 0.205 bits per heavy atom. The van der Waals surface area contributed by atoms with E-state index in [1.807, 2.05) is 0 Å². The maximum atomic E-state index is 11.4. The molecule has 3 N–H and O–H groups in total. The largest absolute Gasteiger partial charge is 0.786 e. The summed E-state index contributed by atoms with van der Waals surface area (Å²) in [6.45, 7) is 13.5. The van der Waals surface area contributed by atoms with Crippen LogP contribution in [-0.4, -0.2) is 48.4 Å². The topological polar surface area (TPSA) is 102 Å². The first-order valence-electron chi connectivity index (χ1n) is 35.6. The molecule has 0 saturated carbocycles. The number of aliphatic hydroxyl groups excluding tert-OH is 3. The van der Waals surface area contributed by atoms with Crippen LogP contribution in [0.3, 0.4) is 0 Å². The first kappa shape index (κ1) is 87.7. The van der Waals surface area contributed by atoms with Crippen LogP contribution in [0.25, 0.3) is 0 Å². The molecule has 0 aromatic carbocycles. The van der Waals surface area contributed by atoms with Gasteiger partial charge >= 0.3 is 0 Å². The van der Waals surface area contributed by atoms with Gasteiger partial charge in [-0.05, 0) is 32.1 Å². The van der Waals surface area contributed by atoms with E-state index in [1.165, 1.54) is 353 Å². The molecule has 0 aromatic rings. The van der Waals surface area contributed by atoms with Crippen molar-refractivity contribution in [2.24, 2.45) is 0 Å². The molecule has 0 aliphatic rings. The first-order valence-corrected chi connectivity index (χ1v) is 36.7. The molecule has 0 unspecified atom stereocenters. The molecule has 474 valence electrons. The number of unbranched alkanes of at least 4 members (excludes halogenated alkanes) is 55. The van der Waals surface area contributed by atoms with E-state index in [0.29, 0.717) is 33.0 Å². The van der Waals surface area contributed by atoms with Crippen molar-refractivity contribution >= 4 is 8.60 Å². The van der Waals surface area contributed by atoms with Crippen LogP contribution in [-0.2, 0) is 30.8 Å². The van der Waals surface area contributed by atoms with Crippen LogP contribution in [0.15, 0.2) is 0 Å². The monoisotopic (exact) mass is 1160 g/mol. The van der Waals surface area contributed by atoms with Gasteiger partial charge in [0.25, 0.3) is 0 Å². The van der Waals surface area contributed by atoms with Gasteiger partial charge in [-0.25, -0.2) is 0 Å². The molecule has 0 bridgehead atoms. The zero-order valence-corrected chi connectivity index (χ0v) is 56.9. The van der Waals surface area contributed by atoms with Crippen LogP contribution in [0.4, 0.5) is 0 Å². The van der Waals surface area contributed by atoms with Gasteiger partial charge in [-0.15, -0.1) is 0 Å². The third-order valence-corrected chi connectivity index (χ3v) is 16.2. The minimum atomic E-state index is -1.89. The number of aliphatic hydroxyl groups is 3. The van der Waals surface area contributed by atoms with Crippen molar-refractivity contribution in [1.29, 1.82) is 0 Å². The summed E-state index contributed by atoms with van der Waals surface area (Å²) < 4.78 is 10.4. The van der Waals surface area contributed by atoms with Gasteiger partial charge in [0, 0.05) is 41.5 Å². The average molecular weight is 1160 g/mol. The van der Waals surface area contributed by atoms with Crippen LogP contribution >= 0.6 is 8.60 Å². The molecule has 0 amide bonds. The van der Waals surface area contributed by atoms with E-state index in [2.05, 4.69) is 34.6 Å². The van der Waals surface area contributed by atoms with Crippen molar-refractivity contribution in [3.05, 3.63) is 0 Å². The molecule has 0 rings (SSSR count). The van der Waals surface area contributed by atoms with E-state index in [-0.39, 0.29) is 21.7 Å². The van der Waals surface area contributed by atoms with Crippen LogP contribution in [0.1, 0.15) is 420 Å². The fourth-order valence-electron chi connectivity index (χ4n) is 10.1. The van der Waals surface area contributed by atoms with Gasteiger partial charge in [-0.3, -0.25) is 0 Å². The SMILES string of the molecule is CCCCCCCCCCCCCCCCCCO.CCCCCCCCCCCCCCCCCCO.CCCCCCCCCCCCCCCCCCO.CCCCCCCCOP([O-])OCCCCCCCC.[Ti]. The Balaban J connectivity index is -0.000000302. The fraction of sp³-hybridized carbons (Fsp3) is 1.00. The van der Waals surface area contributed by atoms with Gasteiger partial charge in [-0.1, -0.05) is 388 Å². The predicted octanol–water partition coefficient (Wildman–Crippen LogP) is 24.0. The normalized spacial score (nSPS) is 11.0. The molecule has 0 aromatic heterocycles. The molecular formula is C70H148O6PTi-. The summed E-state index contributed by atoms with van der Waals surface area (Å²) in [6.07, 6.45) is 81.1. The third-order valence-electron chi connectivity index (χ3n) is 15.4. The van der Waals surface area contributed by atoms with Gasteiger partial charge in [0.2, 0.25) is 0 Å². The summed E-state index contributed by atoms with van der Waals surface area (Å²) in [5.74, 6) is 0. The van der Waals surface area contributed by atoms with Gasteiger partial charge in [0.15, 0.2) is 0 Å². The minimum Gasteiger partial charge on any atom is -0.786 e. The van der Waals surface area contributed by atoms with Gasteiger partial charge < -0.3 is 29.3 Å². The standard InChI is InChI=1S/3C18H38O.C16H34O3P.Ti/c3*1-2-3-4-5-6-7-8-9-10-11-12-13-14-15-16-17-18-19;1-3-5-7-9-11-13-15-18-20(17)19-16-14-12-10-8-6-4-2;/h3*19H,2-18H2,1H3;3-16H2,1-2H3;/q;;;-1;. The molecule has 78 heavy (non-hydrogen) atoms. The third kappa shape index (κ3) is 99.0. The Labute approximate surface area is 509 Å². The van der Waals surface area contributed by atoms with Crippen molar-refractivity contribution in [3.8, 4) is 0 Å². The Kier molecular flexibility index (Phi) is 103. The fourth-order valence-corrected chi connectivity index (χ4v) is 10.7. The minimum absolute atomic E-state index is 0. The van der Waals surface area contributed by atoms with Gasteiger partial charge in [-0.2, -0.15) is 0 Å². The summed E-state index contributed by atoms with van der Waals surface area (Å²) >= 11 is 0. The zero-order chi connectivity index (χ0) is 57.0. The number of hydrogen-bond donors (Lipinski definition) is 3. The molecule has 0 aliphatic heterocycles. The zero-order valence-electron chi connectivity index (χ0n) is 54.5. The summed E-state index contributed by atoms with van der Waals surface area (Å²) in [6, 6.07) is 0. The van der Waals surface area contributed by atoms with E-state index < -0.39 is 8.60 Å². The molecular weight excluding hydrogens is 1020 g/mol. The Bertz CT molecular complexity index is 757. The van der Waals surface area contributed by atoms with Crippen molar-refractivity contribution < 1.29 is 51.0 Å². The van der Waals surface area contributed by atoms with E-state index in [4.69, 9.17) is 24.4 Å². The van der Waals surface area contributed by atoms with E-state index >= 15 is 0 Å². The molecule has 0 radical (unpaired) electrons. The van der Waals surface area contributed by atoms with Crippen LogP contribution in [0.2, 0.25) is 0 Å².